The monoisotopic (exact) mass is 446 g/mol. The number of hydrogen-bond donors (Lipinski definition) is 1. The molecule has 0 saturated carbocycles. The lowest BCUT2D eigenvalue weighted by atomic mass is 10.2. The number of rotatable bonds is 6. The van der Waals surface area contributed by atoms with Crippen molar-refractivity contribution < 1.29 is 26.7 Å². The summed E-state index contributed by atoms with van der Waals surface area (Å²) < 4.78 is 67.7. The first-order valence-electron chi connectivity index (χ1n) is 9.46. The van der Waals surface area contributed by atoms with Crippen molar-refractivity contribution in [2.45, 2.75) is 44.8 Å². The Bertz CT molecular complexity index is 907. The lowest BCUT2D eigenvalue weighted by Gasteiger charge is -2.27. The lowest BCUT2D eigenvalue weighted by Crippen LogP contribution is -2.35. The molecule has 1 saturated heterocycles. The van der Waals surface area contributed by atoms with Crippen LogP contribution >= 0.6 is 0 Å². The molecule has 1 N–H and O–H groups in total. The first kappa shape index (κ1) is 21.2. The Morgan fingerprint density at radius 3 is 2.70 bits per heavy atom. The number of nitrogens with zero attached hydrogens (tertiary/aromatic N) is 6. The van der Waals surface area contributed by atoms with Crippen LogP contribution in [0.3, 0.4) is 0 Å². The van der Waals surface area contributed by atoms with Gasteiger partial charge in [-0.25, -0.2) is 14.2 Å². The van der Waals surface area contributed by atoms with Gasteiger partial charge >= 0.3 is 6.18 Å². The Morgan fingerprint density at radius 2 is 2.00 bits per heavy atom. The summed E-state index contributed by atoms with van der Waals surface area (Å²) in [5.74, 6) is 0.242. The predicted molar refractivity (Wildman–Crippen MR) is 100 cm³/mol. The van der Waals surface area contributed by atoms with Gasteiger partial charge in [0.15, 0.2) is 0 Å². The van der Waals surface area contributed by atoms with Crippen molar-refractivity contribution in [2.24, 2.45) is 0 Å². The fraction of sp³-hybridized carbons (Fsp3) is 0.588. The van der Waals surface area contributed by atoms with Crippen LogP contribution in [0.2, 0.25) is 0 Å². The maximum absolute atomic E-state index is 12.7. The minimum Gasteiger partial charge on any atom is -0.373 e. The van der Waals surface area contributed by atoms with Gasteiger partial charge in [-0.15, -0.1) is 0 Å². The highest BCUT2D eigenvalue weighted by Crippen LogP contribution is 2.29. The number of anilines is 1. The molecule has 1 fully saturated rings. The molecule has 0 amide bonds. The van der Waals surface area contributed by atoms with Crippen LogP contribution < -0.4 is 4.90 Å². The van der Waals surface area contributed by atoms with Gasteiger partial charge in [-0.1, -0.05) is 0 Å². The van der Waals surface area contributed by atoms with E-state index in [1.165, 1.54) is 4.31 Å². The van der Waals surface area contributed by atoms with Crippen LogP contribution in [-0.4, -0.2) is 58.6 Å². The quantitative estimate of drug-likeness (QED) is 0.677. The predicted octanol–water partition coefficient (Wildman–Crippen LogP) is 1.83. The van der Waals surface area contributed by atoms with E-state index >= 15 is 0 Å². The van der Waals surface area contributed by atoms with Crippen molar-refractivity contribution in [1.29, 1.82) is 0 Å². The Labute approximate surface area is 173 Å². The van der Waals surface area contributed by atoms with E-state index < -0.39 is 23.0 Å². The van der Waals surface area contributed by atoms with Gasteiger partial charge in [-0.2, -0.15) is 22.6 Å². The molecule has 13 heteroatoms. The zero-order chi connectivity index (χ0) is 21.3. The number of alkyl halides is 3. The van der Waals surface area contributed by atoms with Gasteiger partial charge in [0, 0.05) is 31.5 Å². The summed E-state index contributed by atoms with van der Waals surface area (Å²) in [4.78, 5) is 9.51. The molecule has 0 bridgehead atoms. The van der Waals surface area contributed by atoms with E-state index in [-0.39, 0.29) is 18.6 Å². The molecule has 164 valence electrons. The lowest BCUT2D eigenvalue weighted by molar-refractivity contribution is -0.138. The Kier molecular flexibility index (Phi) is 6.04. The molecule has 0 aliphatic carbocycles. The molecule has 2 atom stereocenters. The van der Waals surface area contributed by atoms with Gasteiger partial charge in [0.2, 0.25) is 17.2 Å². The van der Waals surface area contributed by atoms with E-state index in [4.69, 9.17) is 4.74 Å². The largest absolute Gasteiger partial charge is 0.419 e. The first-order valence-corrected chi connectivity index (χ1v) is 10.5. The molecule has 0 radical (unpaired) electrons. The van der Waals surface area contributed by atoms with Gasteiger partial charge in [-0.3, -0.25) is 9.23 Å². The summed E-state index contributed by atoms with van der Waals surface area (Å²) in [6, 6.07) is 1.80. The average Bonchev–Trinajstić information content (AvgIpc) is 3.33. The second-order valence-electron chi connectivity index (χ2n) is 7.22. The molecule has 0 spiro atoms. The van der Waals surface area contributed by atoms with E-state index in [0.29, 0.717) is 32.8 Å². The SMILES string of the molecule is O=S(O)N1CCC[C@H]1COCc1cc2n(n1)CCN(c1ncc(C(F)(F)F)cn1)C2. The third kappa shape index (κ3) is 4.63. The Morgan fingerprint density at radius 1 is 1.23 bits per heavy atom. The van der Waals surface area contributed by atoms with Gasteiger partial charge in [-0.05, 0) is 18.9 Å². The topological polar surface area (TPSA) is 96.6 Å². The van der Waals surface area contributed by atoms with E-state index in [0.717, 1.165) is 36.6 Å². The Balaban J connectivity index is 1.34. The maximum atomic E-state index is 12.7. The van der Waals surface area contributed by atoms with Gasteiger partial charge in [0.05, 0.1) is 43.3 Å². The van der Waals surface area contributed by atoms with E-state index in [1.54, 1.807) is 4.90 Å². The van der Waals surface area contributed by atoms with Crippen molar-refractivity contribution >= 4 is 17.2 Å². The Hall–Kier alpha value is -2.09. The zero-order valence-corrected chi connectivity index (χ0v) is 16.8. The van der Waals surface area contributed by atoms with Crippen molar-refractivity contribution in [3.63, 3.8) is 0 Å². The second kappa shape index (κ2) is 8.57. The van der Waals surface area contributed by atoms with Crippen LogP contribution in [-0.2, 0) is 41.9 Å². The average molecular weight is 446 g/mol. The van der Waals surface area contributed by atoms with Gasteiger partial charge in [0.25, 0.3) is 0 Å². The van der Waals surface area contributed by atoms with Crippen molar-refractivity contribution in [3.05, 3.63) is 35.4 Å². The van der Waals surface area contributed by atoms with Gasteiger partial charge in [0.1, 0.15) is 0 Å². The fourth-order valence-electron chi connectivity index (χ4n) is 3.68. The molecule has 2 aromatic heterocycles. The third-order valence-corrected chi connectivity index (χ3v) is 6.06. The van der Waals surface area contributed by atoms with Crippen LogP contribution in [0, 0.1) is 0 Å². The number of ether oxygens (including phenoxy) is 1. The van der Waals surface area contributed by atoms with Crippen molar-refractivity contribution in [2.75, 3.05) is 24.6 Å². The smallest absolute Gasteiger partial charge is 0.373 e. The molecule has 30 heavy (non-hydrogen) atoms. The molecular formula is C17H21F3N6O3S. The molecule has 1 unspecified atom stereocenters. The minimum atomic E-state index is -4.46. The second-order valence-corrected chi connectivity index (χ2v) is 8.15. The molecule has 2 aromatic rings. The summed E-state index contributed by atoms with van der Waals surface area (Å²) in [5, 5.41) is 4.50. The van der Waals surface area contributed by atoms with Crippen LogP contribution in [0.25, 0.3) is 0 Å². The highest BCUT2D eigenvalue weighted by molar-refractivity contribution is 7.76. The van der Waals surface area contributed by atoms with Gasteiger partial charge < -0.3 is 9.64 Å². The molecule has 2 aliphatic heterocycles. The van der Waals surface area contributed by atoms with E-state index in [2.05, 4.69) is 15.1 Å². The summed E-state index contributed by atoms with van der Waals surface area (Å²) in [6.45, 7) is 2.72. The normalized spacial score (nSPS) is 21.1. The summed E-state index contributed by atoms with van der Waals surface area (Å²) >= 11 is -1.99. The first-order chi connectivity index (χ1) is 14.3. The molecular weight excluding hydrogens is 425 g/mol. The standard InChI is InChI=1S/C17H21F3N6O3S/c18-17(19,20)12-7-21-16(22-8-12)24-4-5-25-15(9-24)6-13(23-25)10-29-11-14-2-1-3-26(14)30(27)28/h6-8,14H,1-5,9-11H2,(H,27,28)/t14-/m0/s1. The molecule has 4 heterocycles. The van der Waals surface area contributed by atoms with Crippen LogP contribution in [0.5, 0.6) is 0 Å². The summed E-state index contributed by atoms with van der Waals surface area (Å²) in [7, 11) is 0. The molecule has 4 rings (SSSR count). The summed E-state index contributed by atoms with van der Waals surface area (Å²) in [6.07, 6.45) is -1.21. The highest BCUT2D eigenvalue weighted by Gasteiger charge is 2.32. The maximum Gasteiger partial charge on any atom is 0.419 e. The zero-order valence-electron chi connectivity index (χ0n) is 16.0. The molecule has 2 aliphatic rings. The van der Waals surface area contributed by atoms with Crippen LogP contribution in [0.15, 0.2) is 18.5 Å². The van der Waals surface area contributed by atoms with Crippen LogP contribution in [0.4, 0.5) is 19.1 Å². The molecule has 9 nitrogen and oxygen atoms in total. The number of halogens is 3. The van der Waals surface area contributed by atoms with E-state index in [1.807, 2.05) is 10.7 Å². The van der Waals surface area contributed by atoms with E-state index in [9.17, 15) is 21.9 Å². The summed E-state index contributed by atoms with van der Waals surface area (Å²) in [5.41, 5.74) is 0.746. The highest BCUT2D eigenvalue weighted by atomic mass is 32.2. The minimum absolute atomic E-state index is 0.0830. The third-order valence-electron chi connectivity index (χ3n) is 5.18. The fourth-order valence-corrected chi connectivity index (χ4v) is 4.39. The number of hydrogen-bond acceptors (Lipinski definition) is 6. The number of fused-ring (bicyclic) bond motifs is 1. The van der Waals surface area contributed by atoms with Crippen molar-refractivity contribution in [1.82, 2.24) is 24.1 Å². The molecule has 0 aromatic carbocycles. The number of aromatic nitrogens is 4. The van der Waals surface area contributed by atoms with Crippen molar-refractivity contribution in [3.8, 4) is 0 Å². The van der Waals surface area contributed by atoms with Crippen LogP contribution in [0.1, 0.15) is 29.8 Å².